The summed E-state index contributed by atoms with van der Waals surface area (Å²) in [6, 6.07) is 7.99. The first-order valence-corrected chi connectivity index (χ1v) is 11.5. The molecule has 2 unspecified atom stereocenters. The van der Waals surface area contributed by atoms with Gasteiger partial charge in [-0.05, 0) is 25.3 Å². The lowest BCUT2D eigenvalue weighted by atomic mass is 10.0. The summed E-state index contributed by atoms with van der Waals surface area (Å²) in [6.07, 6.45) is 3.85. The average molecular weight is 411 g/mol. The SMILES string of the molecule is CN=C(NCCS(=O)(=O)NCC1CCCCO1)NC1CCOc2ccccc21. The third kappa shape index (κ3) is 6.08. The monoisotopic (exact) mass is 410 g/mol. The van der Waals surface area contributed by atoms with Gasteiger partial charge in [-0.2, -0.15) is 0 Å². The fraction of sp³-hybridized carbons (Fsp3) is 0.632. The highest BCUT2D eigenvalue weighted by molar-refractivity contribution is 7.89. The zero-order chi connectivity index (χ0) is 19.8. The predicted octanol–water partition coefficient (Wildman–Crippen LogP) is 1.16. The Morgan fingerprint density at radius 3 is 2.86 bits per heavy atom. The number of nitrogens with one attached hydrogen (secondary N) is 3. The third-order valence-corrected chi connectivity index (χ3v) is 6.31. The van der Waals surface area contributed by atoms with Gasteiger partial charge in [-0.15, -0.1) is 0 Å². The second-order valence-electron chi connectivity index (χ2n) is 7.03. The highest BCUT2D eigenvalue weighted by Crippen LogP contribution is 2.31. The Kier molecular flexibility index (Phi) is 7.52. The molecule has 2 atom stereocenters. The minimum absolute atomic E-state index is 0.0143. The number of fused-ring (bicyclic) bond motifs is 1. The molecule has 2 aliphatic rings. The van der Waals surface area contributed by atoms with Crippen molar-refractivity contribution in [3.05, 3.63) is 29.8 Å². The maximum Gasteiger partial charge on any atom is 0.213 e. The number of nitrogens with zero attached hydrogens (tertiary/aromatic N) is 1. The Hall–Kier alpha value is -1.84. The van der Waals surface area contributed by atoms with Crippen molar-refractivity contribution in [1.29, 1.82) is 0 Å². The molecule has 1 aromatic rings. The second-order valence-corrected chi connectivity index (χ2v) is 8.95. The lowest BCUT2D eigenvalue weighted by molar-refractivity contribution is 0.0200. The number of para-hydroxylation sites is 1. The van der Waals surface area contributed by atoms with Crippen molar-refractivity contribution in [2.45, 2.75) is 37.8 Å². The van der Waals surface area contributed by atoms with Crippen LogP contribution in [0.3, 0.4) is 0 Å². The number of guanidine groups is 1. The lowest BCUT2D eigenvalue weighted by Crippen LogP contribution is -2.44. The number of hydrogen-bond acceptors (Lipinski definition) is 5. The van der Waals surface area contributed by atoms with Gasteiger partial charge in [-0.25, -0.2) is 13.1 Å². The molecule has 1 fully saturated rings. The summed E-state index contributed by atoms with van der Waals surface area (Å²) in [7, 11) is -1.69. The summed E-state index contributed by atoms with van der Waals surface area (Å²) in [6.45, 7) is 1.96. The normalized spacial score (nSPS) is 22.8. The second kappa shape index (κ2) is 10.1. The Bertz CT molecular complexity index is 763. The van der Waals surface area contributed by atoms with Crippen LogP contribution < -0.4 is 20.1 Å². The maximum absolute atomic E-state index is 12.2. The number of sulfonamides is 1. The van der Waals surface area contributed by atoms with Gasteiger partial charge < -0.3 is 20.1 Å². The van der Waals surface area contributed by atoms with Gasteiger partial charge in [0, 0.05) is 38.7 Å². The van der Waals surface area contributed by atoms with Crippen molar-refractivity contribution in [2.24, 2.45) is 4.99 Å². The van der Waals surface area contributed by atoms with Crippen LogP contribution in [0.5, 0.6) is 5.75 Å². The summed E-state index contributed by atoms with van der Waals surface area (Å²) >= 11 is 0. The molecule has 3 N–H and O–H groups in total. The van der Waals surface area contributed by atoms with Crippen LogP contribution in [-0.4, -0.2) is 59.6 Å². The molecule has 9 heteroatoms. The van der Waals surface area contributed by atoms with E-state index in [4.69, 9.17) is 9.47 Å². The van der Waals surface area contributed by atoms with Gasteiger partial charge in [0.2, 0.25) is 10.0 Å². The van der Waals surface area contributed by atoms with Gasteiger partial charge in [0.25, 0.3) is 0 Å². The van der Waals surface area contributed by atoms with Gasteiger partial charge in [-0.1, -0.05) is 18.2 Å². The molecule has 8 nitrogen and oxygen atoms in total. The van der Waals surface area contributed by atoms with Gasteiger partial charge in [0.15, 0.2) is 5.96 Å². The first-order valence-electron chi connectivity index (χ1n) is 9.85. The van der Waals surface area contributed by atoms with E-state index in [1.54, 1.807) is 7.05 Å². The fourth-order valence-corrected chi connectivity index (χ4v) is 4.37. The summed E-state index contributed by atoms with van der Waals surface area (Å²) in [4.78, 5) is 4.21. The van der Waals surface area contributed by atoms with Crippen molar-refractivity contribution >= 4 is 16.0 Å². The molecule has 2 heterocycles. The van der Waals surface area contributed by atoms with Gasteiger partial charge >= 0.3 is 0 Å². The zero-order valence-corrected chi connectivity index (χ0v) is 17.1. The molecule has 0 radical (unpaired) electrons. The van der Waals surface area contributed by atoms with Crippen molar-refractivity contribution in [1.82, 2.24) is 15.4 Å². The summed E-state index contributed by atoms with van der Waals surface area (Å²) in [5.74, 6) is 1.43. The Morgan fingerprint density at radius 2 is 2.07 bits per heavy atom. The van der Waals surface area contributed by atoms with Gasteiger partial charge in [0.1, 0.15) is 5.75 Å². The molecule has 0 amide bonds. The summed E-state index contributed by atoms with van der Waals surface area (Å²) in [5, 5.41) is 6.44. The van der Waals surface area contributed by atoms with Crippen LogP contribution in [0.25, 0.3) is 0 Å². The minimum atomic E-state index is -3.36. The average Bonchev–Trinajstić information content (AvgIpc) is 2.72. The Labute approximate surface area is 167 Å². The first-order chi connectivity index (χ1) is 13.6. The lowest BCUT2D eigenvalue weighted by Gasteiger charge is -2.28. The van der Waals surface area contributed by atoms with Crippen LogP contribution in [0.15, 0.2) is 29.3 Å². The van der Waals surface area contributed by atoms with Crippen molar-refractivity contribution in [3.63, 3.8) is 0 Å². The van der Waals surface area contributed by atoms with Crippen LogP contribution >= 0.6 is 0 Å². The van der Waals surface area contributed by atoms with E-state index in [-0.39, 0.29) is 24.4 Å². The Balaban J connectivity index is 1.44. The molecule has 1 saturated heterocycles. The molecule has 1 aromatic carbocycles. The van der Waals surface area contributed by atoms with E-state index in [1.807, 2.05) is 24.3 Å². The molecule has 156 valence electrons. The molecule has 0 saturated carbocycles. The fourth-order valence-electron chi connectivity index (χ4n) is 3.42. The van der Waals surface area contributed by atoms with E-state index in [1.165, 1.54) is 0 Å². The van der Waals surface area contributed by atoms with Gasteiger partial charge in [-0.3, -0.25) is 4.99 Å². The largest absolute Gasteiger partial charge is 0.493 e. The summed E-state index contributed by atoms with van der Waals surface area (Å²) in [5.41, 5.74) is 1.08. The molecular formula is C19H30N4O4S. The molecular weight excluding hydrogens is 380 g/mol. The van der Waals surface area contributed by atoms with E-state index in [0.29, 0.717) is 25.7 Å². The number of ether oxygens (including phenoxy) is 2. The van der Waals surface area contributed by atoms with Crippen molar-refractivity contribution < 1.29 is 17.9 Å². The number of rotatable bonds is 7. The zero-order valence-electron chi connectivity index (χ0n) is 16.3. The number of hydrogen-bond donors (Lipinski definition) is 3. The molecule has 0 bridgehead atoms. The number of benzene rings is 1. The van der Waals surface area contributed by atoms with E-state index < -0.39 is 10.0 Å². The highest BCUT2D eigenvalue weighted by Gasteiger charge is 2.22. The quantitative estimate of drug-likeness (QED) is 0.461. The number of aliphatic imine (C=N–C) groups is 1. The molecule has 3 rings (SSSR count). The topological polar surface area (TPSA) is 101 Å². The van der Waals surface area contributed by atoms with Crippen LogP contribution in [-0.2, 0) is 14.8 Å². The molecule has 0 spiro atoms. The van der Waals surface area contributed by atoms with E-state index in [9.17, 15) is 8.42 Å². The standard InChI is InChI=1S/C19H30N4O4S/c1-20-19(23-17-9-12-27-18-8-3-2-7-16(17)18)21-10-13-28(24,25)22-14-15-6-4-5-11-26-15/h2-3,7-8,15,17,22H,4-6,9-14H2,1H3,(H2,20,21,23). The maximum atomic E-state index is 12.2. The molecule has 2 aliphatic heterocycles. The summed E-state index contributed by atoms with van der Waals surface area (Å²) < 4.78 is 38.3. The van der Waals surface area contributed by atoms with E-state index >= 15 is 0 Å². The Morgan fingerprint density at radius 1 is 1.21 bits per heavy atom. The van der Waals surface area contributed by atoms with Crippen LogP contribution in [0, 0.1) is 0 Å². The smallest absolute Gasteiger partial charge is 0.213 e. The van der Waals surface area contributed by atoms with E-state index in [0.717, 1.165) is 37.0 Å². The predicted molar refractivity (Wildman–Crippen MR) is 109 cm³/mol. The van der Waals surface area contributed by atoms with Crippen LogP contribution in [0.4, 0.5) is 0 Å². The van der Waals surface area contributed by atoms with Crippen LogP contribution in [0.1, 0.15) is 37.3 Å². The van der Waals surface area contributed by atoms with Gasteiger partial charge in [0.05, 0.1) is 24.5 Å². The first kappa shape index (κ1) is 20.9. The minimum Gasteiger partial charge on any atom is -0.493 e. The highest BCUT2D eigenvalue weighted by atomic mass is 32.2. The van der Waals surface area contributed by atoms with Crippen molar-refractivity contribution in [3.8, 4) is 5.75 Å². The van der Waals surface area contributed by atoms with Crippen LogP contribution in [0.2, 0.25) is 0 Å². The molecule has 0 aromatic heterocycles. The van der Waals surface area contributed by atoms with E-state index in [2.05, 4.69) is 20.3 Å². The molecule has 0 aliphatic carbocycles. The van der Waals surface area contributed by atoms with Crippen molar-refractivity contribution in [2.75, 3.05) is 39.1 Å². The third-order valence-electron chi connectivity index (χ3n) is 4.96. The molecule has 28 heavy (non-hydrogen) atoms.